The second kappa shape index (κ2) is 6.73. The lowest BCUT2D eigenvalue weighted by molar-refractivity contribution is 0.0840. The van der Waals surface area contributed by atoms with Crippen LogP contribution < -0.4 is 9.47 Å². The van der Waals surface area contributed by atoms with E-state index < -0.39 is 0 Å². The highest BCUT2D eigenvalue weighted by atomic mass is 16.5. The molecular weight excluding hydrogens is 290 g/mol. The molecule has 0 bridgehead atoms. The van der Waals surface area contributed by atoms with E-state index in [4.69, 9.17) is 9.47 Å². The highest BCUT2D eigenvalue weighted by Gasteiger charge is 2.30. The van der Waals surface area contributed by atoms with Crippen LogP contribution in [0.25, 0.3) is 0 Å². The maximum absolute atomic E-state index is 12.9. The predicted molar refractivity (Wildman–Crippen MR) is 92.1 cm³/mol. The normalized spacial score (nSPS) is 18.0. The Morgan fingerprint density at radius 1 is 1.22 bits per heavy atom. The first-order chi connectivity index (χ1) is 11.0. The van der Waals surface area contributed by atoms with Gasteiger partial charge in [-0.15, -0.1) is 0 Å². The number of carbonyl (C=O) groups excluding carboxylic acids is 1. The quantitative estimate of drug-likeness (QED) is 0.846. The van der Waals surface area contributed by atoms with Crippen molar-refractivity contribution >= 4 is 5.91 Å². The first kappa shape index (κ1) is 16.9. The number of hydrogen-bond acceptors (Lipinski definition) is 3. The summed E-state index contributed by atoms with van der Waals surface area (Å²) in [5.41, 5.74) is 3.39. The van der Waals surface area contributed by atoms with Crippen LogP contribution in [0.2, 0.25) is 0 Å². The smallest absolute Gasteiger partial charge is 0.258 e. The number of likely N-dealkylation sites (N-methyl/N-ethyl adjacent to an activating group) is 1. The van der Waals surface area contributed by atoms with E-state index in [1.54, 1.807) is 32.2 Å². The number of nitrogens with zero attached hydrogens (tertiary/aromatic N) is 1. The molecule has 0 aliphatic carbocycles. The lowest BCUT2D eigenvalue weighted by atomic mass is 9.89. The summed E-state index contributed by atoms with van der Waals surface area (Å²) >= 11 is 0. The SMILES string of the molecule is C=CC1=C(/C=C\C)N(C)C(=O)c2cc(OC)c(OC)cc2C1C. The molecule has 0 fully saturated rings. The van der Waals surface area contributed by atoms with Crippen molar-refractivity contribution in [1.29, 1.82) is 0 Å². The Hall–Kier alpha value is -2.49. The summed E-state index contributed by atoms with van der Waals surface area (Å²) in [6.07, 6.45) is 5.67. The molecular formula is C19H23NO3. The maximum atomic E-state index is 12.9. The summed E-state index contributed by atoms with van der Waals surface area (Å²) in [5.74, 6) is 1.11. The van der Waals surface area contributed by atoms with Gasteiger partial charge in [0.25, 0.3) is 5.91 Å². The van der Waals surface area contributed by atoms with E-state index in [1.807, 2.05) is 31.2 Å². The second-order valence-electron chi connectivity index (χ2n) is 5.43. The molecule has 4 heteroatoms. The van der Waals surface area contributed by atoms with E-state index in [9.17, 15) is 4.79 Å². The first-order valence-electron chi connectivity index (χ1n) is 7.53. The first-order valence-corrected chi connectivity index (χ1v) is 7.53. The van der Waals surface area contributed by atoms with E-state index in [2.05, 4.69) is 13.5 Å². The van der Waals surface area contributed by atoms with Crippen molar-refractivity contribution in [2.75, 3.05) is 21.3 Å². The molecule has 0 N–H and O–H groups in total. The average molecular weight is 313 g/mol. The highest BCUT2D eigenvalue weighted by Crippen LogP contribution is 2.40. The van der Waals surface area contributed by atoms with E-state index in [1.165, 1.54) is 0 Å². The van der Waals surface area contributed by atoms with Gasteiger partial charge in [-0.3, -0.25) is 4.79 Å². The van der Waals surface area contributed by atoms with Crippen molar-refractivity contribution in [3.63, 3.8) is 0 Å². The van der Waals surface area contributed by atoms with Gasteiger partial charge in [0.05, 0.1) is 14.2 Å². The minimum Gasteiger partial charge on any atom is -0.493 e. The van der Waals surface area contributed by atoms with E-state index in [0.717, 1.165) is 16.8 Å². The number of amides is 1. The van der Waals surface area contributed by atoms with Gasteiger partial charge in [0.1, 0.15) is 0 Å². The number of allylic oxidation sites excluding steroid dienone is 4. The monoisotopic (exact) mass is 313 g/mol. The Bertz CT molecular complexity index is 701. The Labute approximate surface area is 137 Å². The summed E-state index contributed by atoms with van der Waals surface area (Å²) in [5, 5.41) is 0. The summed E-state index contributed by atoms with van der Waals surface area (Å²) in [4.78, 5) is 14.6. The van der Waals surface area contributed by atoms with E-state index >= 15 is 0 Å². The Morgan fingerprint density at radius 2 is 1.83 bits per heavy atom. The van der Waals surface area contributed by atoms with Gasteiger partial charge < -0.3 is 14.4 Å². The van der Waals surface area contributed by atoms with Crippen LogP contribution in [0.4, 0.5) is 0 Å². The molecule has 0 saturated heterocycles. The van der Waals surface area contributed by atoms with Crippen LogP contribution in [-0.4, -0.2) is 32.1 Å². The molecule has 0 spiro atoms. The molecule has 0 aromatic heterocycles. The minimum absolute atomic E-state index is 0.0161. The molecule has 0 saturated carbocycles. The molecule has 1 aliphatic rings. The zero-order valence-electron chi connectivity index (χ0n) is 14.3. The maximum Gasteiger partial charge on any atom is 0.258 e. The van der Waals surface area contributed by atoms with Crippen LogP contribution in [0.15, 0.2) is 48.2 Å². The number of hydrogen-bond donors (Lipinski definition) is 0. The lowest BCUT2D eigenvalue weighted by Crippen LogP contribution is -2.25. The van der Waals surface area contributed by atoms with Crippen LogP contribution in [0, 0.1) is 0 Å². The van der Waals surface area contributed by atoms with Crippen molar-refractivity contribution in [1.82, 2.24) is 4.90 Å². The summed E-state index contributed by atoms with van der Waals surface area (Å²) in [6, 6.07) is 3.63. The number of benzene rings is 1. The third kappa shape index (κ3) is 2.77. The van der Waals surface area contributed by atoms with E-state index in [0.29, 0.717) is 17.1 Å². The van der Waals surface area contributed by atoms with Gasteiger partial charge in [-0.1, -0.05) is 25.7 Å². The Balaban J connectivity index is 2.78. The van der Waals surface area contributed by atoms with Crippen molar-refractivity contribution in [3.05, 3.63) is 59.3 Å². The standard InChI is InChI=1S/C19H23NO3/c1-7-9-16-13(8-2)12(3)14-10-17(22-5)18(23-6)11-15(14)19(21)20(16)4/h7-12H,2H2,1,3-6H3/b9-7-. The topological polar surface area (TPSA) is 38.8 Å². The third-order valence-electron chi connectivity index (χ3n) is 4.23. The molecule has 1 aromatic rings. The van der Waals surface area contributed by atoms with Gasteiger partial charge in [0.2, 0.25) is 0 Å². The Kier molecular flexibility index (Phi) is 4.94. The zero-order chi connectivity index (χ0) is 17.1. The fourth-order valence-electron chi connectivity index (χ4n) is 2.96. The second-order valence-corrected chi connectivity index (χ2v) is 5.43. The van der Waals surface area contributed by atoms with Crippen LogP contribution in [-0.2, 0) is 0 Å². The molecule has 1 unspecified atom stereocenters. The van der Waals surface area contributed by atoms with Crippen molar-refractivity contribution in [2.24, 2.45) is 0 Å². The zero-order valence-corrected chi connectivity index (χ0v) is 14.3. The minimum atomic E-state index is -0.0715. The fraction of sp³-hybridized carbons (Fsp3) is 0.316. The average Bonchev–Trinajstić information content (AvgIpc) is 2.64. The number of ether oxygens (including phenoxy) is 2. The largest absolute Gasteiger partial charge is 0.493 e. The molecule has 1 atom stereocenters. The molecule has 1 amide bonds. The van der Waals surface area contributed by atoms with Gasteiger partial charge >= 0.3 is 0 Å². The molecule has 1 aromatic carbocycles. The van der Waals surface area contributed by atoms with Gasteiger partial charge in [0, 0.05) is 24.2 Å². The van der Waals surface area contributed by atoms with Crippen LogP contribution in [0.3, 0.4) is 0 Å². The van der Waals surface area contributed by atoms with Crippen LogP contribution in [0.5, 0.6) is 11.5 Å². The van der Waals surface area contributed by atoms with Crippen molar-refractivity contribution in [2.45, 2.75) is 19.8 Å². The molecule has 122 valence electrons. The summed E-state index contributed by atoms with van der Waals surface area (Å²) < 4.78 is 10.7. The third-order valence-corrected chi connectivity index (χ3v) is 4.23. The fourth-order valence-corrected chi connectivity index (χ4v) is 2.96. The summed E-state index contributed by atoms with van der Waals surface area (Å²) in [7, 11) is 4.94. The molecule has 1 aliphatic heterocycles. The van der Waals surface area contributed by atoms with Crippen molar-refractivity contribution in [3.8, 4) is 11.5 Å². The van der Waals surface area contributed by atoms with Gasteiger partial charge in [-0.2, -0.15) is 0 Å². The lowest BCUT2D eigenvalue weighted by Gasteiger charge is -2.19. The number of carbonyl (C=O) groups is 1. The Morgan fingerprint density at radius 3 is 2.35 bits per heavy atom. The molecule has 2 rings (SSSR count). The summed E-state index contributed by atoms with van der Waals surface area (Å²) in [6.45, 7) is 7.93. The molecule has 0 radical (unpaired) electrons. The number of rotatable bonds is 4. The van der Waals surface area contributed by atoms with Crippen LogP contribution >= 0.6 is 0 Å². The van der Waals surface area contributed by atoms with E-state index in [-0.39, 0.29) is 11.8 Å². The molecule has 4 nitrogen and oxygen atoms in total. The van der Waals surface area contributed by atoms with Gasteiger partial charge in [-0.05, 0) is 36.3 Å². The van der Waals surface area contributed by atoms with Gasteiger partial charge in [0.15, 0.2) is 11.5 Å². The number of fused-ring (bicyclic) bond motifs is 1. The molecule has 1 heterocycles. The highest BCUT2D eigenvalue weighted by molar-refractivity contribution is 5.99. The molecule has 23 heavy (non-hydrogen) atoms. The predicted octanol–water partition coefficient (Wildman–Crippen LogP) is 3.91. The van der Waals surface area contributed by atoms with Crippen LogP contribution in [0.1, 0.15) is 35.7 Å². The number of methoxy groups -OCH3 is 2. The van der Waals surface area contributed by atoms with Gasteiger partial charge in [-0.25, -0.2) is 0 Å². The van der Waals surface area contributed by atoms with Crippen molar-refractivity contribution < 1.29 is 14.3 Å².